The lowest BCUT2D eigenvalue weighted by atomic mass is 10.1. The molecule has 6 rings (SSSR count). The van der Waals surface area contributed by atoms with Gasteiger partial charge in [-0.3, -0.25) is 4.90 Å². The molecule has 3 aromatic heterocycles. The van der Waals surface area contributed by atoms with Crippen molar-refractivity contribution in [3.8, 4) is 11.3 Å². The topological polar surface area (TPSA) is 99.0 Å². The first-order valence-electron chi connectivity index (χ1n) is 13.8. The van der Waals surface area contributed by atoms with Crippen molar-refractivity contribution in [2.75, 3.05) is 42.1 Å². The molecule has 0 bridgehead atoms. The number of pyridine rings is 1. The molecule has 1 aliphatic heterocycles. The van der Waals surface area contributed by atoms with E-state index in [4.69, 9.17) is 5.73 Å². The van der Waals surface area contributed by atoms with Gasteiger partial charge >= 0.3 is 6.18 Å². The second kappa shape index (κ2) is 11.3. The van der Waals surface area contributed by atoms with E-state index in [1.54, 1.807) is 6.20 Å². The van der Waals surface area contributed by atoms with Crippen molar-refractivity contribution >= 4 is 28.4 Å². The highest BCUT2D eigenvalue weighted by Crippen LogP contribution is 2.35. The van der Waals surface area contributed by atoms with Gasteiger partial charge in [-0.05, 0) is 36.2 Å². The average molecular weight is 573 g/mol. The molecule has 11 heteroatoms. The van der Waals surface area contributed by atoms with Crippen LogP contribution in [0.3, 0.4) is 0 Å². The van der Waals surface area contributed by atoms with E-state index < -0.39 is 11.7 Å². The fourth-order valence-electron chi connectivity index (χ4n) is 5.29. The van der Waals surface area contributed by atoms with Gasteiger partial charge in [0.25, 0.3) is 0 Å². The first kappa shape index (κ1) is 27.5. The Morgan fingerprint density at radius 2 is 1.71 bits per heavy atom. The minimum Gasteiger partial charge on any atom is -0.396 e. The number of alkyl halides is 3. The van der Waals surface area contributed by atoms with Gasteiger partial charge in [0.15, 0.2) is 0 Å². The molecule has 8 nitrogen and oxygen atoms in total. The number of aromatic nitrogens is 4. The normalized spacial score (nSPS) is 15.2. The number of nitrogen functional groups attached to an aromatic ring is 1. The molecule has 0 amide bonds. The van der Waals surface area contributed by atoms with Crippen LogP contribution in [0.1, 0.15) is 29.7 Å². The van der Waals surface area contributed by atoms with Crippen LogP contribution < -0.4 is 16.0 Å². The zero-order chi connectivity index (χ0) is 29.3. The molecular formula is C31H31F3N8. The summed E-state index contributed by atoms with van der Waals surface area (Å²) in [5.41, 5.74) is 10.2. The number of nitrogens with one attached hydrogen (secondary N) is 2. The Morgan fingerprint density at radius 3 is 2.43 bits per heavy atom. The number of fused-ring (bicyclic) bond motifs is 1. The minimum absolute atomic E-state index is 0.125. The maximum atomic E-state index is 13.3. The highest BCUT2D eigenvalue weighted by molar-refractivity contribution is 5.95. The molecule has 0 saturated carbocycles. The number of hydrogen-bond acceptors (Lipinski definition) is 7. The maximum absolute atomic E-state index is 13.3. The van der Waals surface area contributed by atoms with E-state index in [-0.39, 0.29) is 17.1 Å². The lowest BCUT2D eigenvalue weighted by Crippen LogP contribution is -2.45. The second-order valence-corrected chi connectivity index (χ2v) is 10.5. The van der Waals surface area contributed by atoms with Crippen LogP contribution in [0, 0.1) is 0 Å². The Morgan fingerprint density at radius 1 is 0.976 bits per heavy atom. The van der Waals surface area contributed by atoms with E-state index in [0.717, 1.165) is 50.6 Å². The molecule has 2 aromatic carbocycles. The molecule has 1 aliphatic rings. The van der Waals surface area contributed by atoms with Crippen LogP contribution in [0.15, 0.2) is 79.3 Å². The molecule has 1 fully saturated rings. The number of benzene rings is 2. The molecule has 0 unspecified atom stereocenters. The highest BCUT2D eigenvalue weighted by Gasteiger charge is 2.31. The third-order valence-electron chi connectivity index (χ3n) is 7.66. The summed E-state index contributed by atoms with van der Waals surface area (Å²) >= 11 is 0. The van der Waals surface area contributed by atoms with Crippen LogP contribution >= 0.6 is 0 Å². The van der Waals surface area contributed by atoms with Crippen molar-refractivity contribution < 1.29 is 13.2 Å². The van der Waals surface area contributed by atoms with Gasteiger partial charge in [0.1, 0.15) is 11.3 Å². The number of rotatable bonds is 7. The second-order valence-electron chi connectivity index (χ2n) is 10.5. The predicted molar refractivity (Wildman–Crippen MR) is 159 cm³/mol. The van der Waals surface area contributed by atoms with Crippen LogP contribution in [-0.4, -0.2) is 51.0 Å². The SMILES string of the molecule is C[C@@H](Nc1ncc(N)c(-c2c[nH]c3ncc(C(F)(F)F)cc23)n1)c1ccc(N2CCN(Cc3ccccc3)CC2)cc1. The number of halogens is 3. The standard InChI is InChI=1S/C31H31F3N8/c1-20(22-7-9-24(10-8-22)42-13-11-41(12-14-42)19-21-5-3-2-4-6-21)39-30-38-18-27(35)28(40-30)26-17-37-29-25(26)15-23(16-36-29)31(32,33)34/h2-10,15-18,20H,11-14,19,35H2,1H3,(H,36,37)(H,38,39,40)/t20-/m1/s1. The van der Waals surface area contributed by atoms with Crippen molar-refractivity contribution in [3.05, 3.63) is 95.9 Å². The summed E-state index contributed by atoms with van der Waals surface area (Å²) in [5, 5.41) is 3.58. The van der Waals surface area contributed by atoms with E-state index >= 15 is 0 Å². The summed E-state index contributed by atoms with van der Waals surface area (Å²) in [6.45, 7) is 6.93. The van der Waals surface area contributed by atoms with Crippen molar-refractivity contribution in [2.24, 2.45) is 0 Å². The average Bonchev–Trinajstić information content (AvgIpc) is 3.42. The van der Waals surface area contributed by atoms with Crippen molar-refractivity contribution in [1.82, 2.24) is 24.8 Å². The Balaban J connectivity index is 1.12. The van der Waals surface area contributed by atoms with E-state index in [9.17, 15) is 13.2 Å². The van der Waals surface area contributed by atoms with Crippen LogP contribution in [0.25, 0.3) is 22.3 Å². The summed E-state index contributed by atoms with van der Waals surface area (Å²) in [6.07, 6.45) is -0.694. The quantitative estimate of drug-likeness (QED) is 0.216. The van der Waals surface area contributed by atoms with Crippen molar-refractivity contribution in [2.45, 2.75) is 25.7 Å². The molecule has 1 saturated heterocycles. The van der Waals surface area contributed by atoms with E-state index in [1.165, 1.54) is 17.4 Å². The van der Waals surface area contributed by atoms with Gasteiger partial charge in [-0.25, -0.2) is 15.0 Å². The van der Waals surface area contributed by atoms with Gasteiger partial charge in [0.2, 0.25) is 5.95 Å². The largest absolute Gasteiger partial charge is 0.417 e. The number of aromatic amines is 1. The van der Waals surface area contributed by atoms with Gasteiger partial charge in [-0.2, -0.15) is 13.2 Å². The van der Waals surface area contributed by atoms with Crippen molar-refractivity contribution in [3.63, 3.8) is 0 Å². The van der Waals surface area contributed by atoms with E-state index in [2.05, 4.69) is 83.6 Å². The summed E-state index contributed by atoms with van der Waals surface area (Å²) < 4.78 is 39.9. The summed E-state index contributed by atoms with van der Waals surface area (Å²) in [7, 11) is 0. The molecule has 1 atom stereocenters. The van der Waals surface area contributed by atoms with Gasteiger partial charge < -0.3 is 20.9 Å². The highest BCUT2D eigenvalue weighted by atomic mass is 19.4. The predicted octanol–water partition coefficient (Wildman–Crippen LogP) is 6.12. The van der Waals surface area contributed by atoms with Gasteiger partial charge in [0.05, 0.1) is 23.5 Å². The molecular weight excluding hydrogens is 541 g/mol. The third-order valence-corrected chi connectivity index (χ3v) is 7.66. The number of nitrogens with zero attached hydrogens (tertiary/aromatic N) is 5. The first-order valence-corrected chi connectivity index (χ1v) is 13.8. The minimum atomic E-state index is -4.51. The van der Waals surface area contributed by atoms with Crippen molar-refractivity contribution in [1.29, 1.82) is 0 Å². The molecule has 5 aromatic rings. The molecule has 0 spiro atoms. The van der Waals surface area contributed by atoms with Gasteiger partial charge in [-0.1, -0.05) is 42.5 Å². The Hall–Kier alpha value is -4.64. The van der Waals surface area contributed by atoms with E-state index in [0.29, 0.717) is 22.9 Å². The molecule has 42 heavy (non-hydrogen) atoms. The van der Waals surface area contributed by atoms with Crippen LogP contribution in [0.5, 0.6) is 0 Å². The summed E-state index contributed by atoms with van der Waals surface area (Å²) in [4.78, 5) is 20.6. The molecule has 0 radical (unpaired) electrons. The zero-order valence-electron chi connectivity index (χ0n) is 23.1. The fourth-order valence-corrected chi connectivity index (χ4v) is 5.29. The van der Waals surface area contributed by atoms with E-state index in [1.807, 2.05) is 13.0 Å². The van der Waals surface area contributed by atoms with Gasteiger partial charge in [0, 0.05) is 61.8 Å². The smallest absolute Gasteiger partial charge is 0.396 e. The summed E-state index contributed by atoms with van der Waals surface area (Å²) in [6, 6.07) is 19.9. The Bertz CT molecular complexity index is 1660. The zero-order valence-corrected chi connectivity index (χ0v) is 23.1. The third kappa shape index (κ3) is 5.87. The number of anilines is 3. The first-order chi connectivity index (χ1) is 20.2. The van der Waals surface area contributed by atoms with Crippen LogP contribution in [0.4, 0.5) is 30.5 Å². The number of hydrogen-bond donors (Lipinski definition) is 3. The molecule has 0 aliphatic carbocycles. The number of H-pyrrole nitrogens is 1. The monoisotopic (exact) mass is 572 g/mol. The Labute approximate surface area is 241 Å². The molecule has 4 N–H and O–H groups in total. The molecule has 216 valence electrons. The maximum Gasteiger partial charge on any atom is 0.417 e. The number of nitrogens with two attached hydrogens (primary N) is 1. The molecule has 4 heterocycles. The fraction of sp³-hybridized carbons (Fsp3) is 0.258. The van der Waals surface area contributed by atoms with Gasteiger partial charge in [-0.15, -0.1) is 0 Å². The lowest BCUT2D eigenvalue weighted by molar-refractivity contribution is -0.137. The van der Waals surface area contributed by atoms with Crippen LogP contribution in [0.2, 0.25) is 0 Å². The van der Waals surface area contributed by atoms with Crippen LogP contribution in [-0.2, 0) is 12.7 Å². The Kier molecular flexibility index (Phi) is 7.42. The summed E-state index contributed by atoms with van der Waals surface area (Å²) in [5.74, 6) is 0.319. The number of piperazine rings is 1. The lowest BCUT2D eigenvalue weighted by Gasteiger charge is -2.36.